The molecule has 1 heterocycles. The van der Waals surface area contributed by atoms with E-state index in [4.69, 9.17) is 12.2 Å². The molecule has 0 aromatic heterocycles. The van der Waals surface area contributed by atoms with Gasteiger partial charge in [0.25, 0.3) is 0 Å². The Morgan fingerprint density at radius 3 is 2.38 bits per heavy atom. The van der Waals surface area contributed by atoms with Crippen molar-refractivity contribution in [3.63, 3.8) is 0 Å². The third-order valence-corrected chi connectivity index (χ3v) is 6.67. The molecule has 0 bridgehead atoms. The normalized spacial score (nSPS) is 18.5. The van der Waals surface area contributed by atoms with Crippen molar-refractivity contribution < 1.29 is 8.42 Å². The minimum absolute atomic E-state index is 0.0916. The number of aryl methyl sites for hydroxylation is 2. The Balaban J connectivity index is 1.83. The second-order valence-corrected chi connectivity index (χ2v) is 9.59. The number of sulfone groups is 1. The van der Waals surface area contributed by atoms with Gasteiger partial charge in [0.2, 0.25) is 0 Å². The van der Waals surface area contributed by atoms with Crippen molar-refractivity contribution in [3.05, 3.63) is 65.2 Å². The maximum Gasteiger partial charge on any atom is 0.174 e. The van der Waals surface area contributed by atoms with Crippen LogP contribution in [0.5, 0.6) is 0 Å². The summed E-state index contributed by atoms with van der Waals surface area (Å²) in [5.74, 6) is 0.392. The van der Waals surface area contributed by atoms with E-state index in [0.29, 0.717) is 18.1 Å². The molecule has 1 atom stereocenters. The Hall–Kier alpha value is -1.92. The third kappa shape index (κ3) is 4.83. The Morgan fingerprint density at radius 2 is 1.81 bits per heavy atom. The number of benzene rings is 2. The van der Waals surface area contributed by atoms with Crippen LogP contribution in [0.2, 0.25) is 0 Å². The average Bonchev–Trinajstić information content (AvgIpc) is 2.92. The maximum absolute atomic E-state index is 12.0. The molecule has 1 saturated heterocycles. The van der Waals surface area contributed by atoms with Crippen molar-refractivity contribution >= 4 is 32.9 Å². The van der Waals surface area contributed by atoms with Crippen LogP contribution in [0.4, 0.5) is 5.69 Å². The lowest BCUT2D eigenvalue weighted by Gasteiger charge is -2.31. The second kappa shape index (κ2) is 7.76. The van der Waals surface area contributed by atoms with Crippen molar-refractivity contribution in [2.75, 3.05) is 16.8 Å². The fourth-order valence-corrected chi connectivity index (χ4v) is 5.47. The van der Waals surface area contributed by atoms with Gasteiger partial charge in [-0.1, -0.05) is 36.4 Å². The lowest BCUT2D eigenvalue weighted by Crippen LogP contribution is -2.43. The van der Waals surface area contributed by atoms with E-state index in [1.165, 1.54) is 0 Å². The second-order valence-electron chi connectivity index (χ2n) is 6.98. The van der Waals surface area contributed by atoms with E-state index in [-0.39, 0.29) is 17.5 Å². The first kappa shape index (κ1) is 18.9. The first-order valence-corrected chi connectivity index (χ1v) is 11.0. The molecule has 0 unspecified atom stereocenters. The van der Waals surface area contributed by atoms with Crippen molar-refractivity contribution in [1.82, 2.24) is 4.90 Å². The fourth-order valence-electron chi connectivity index (χ4n) is 3.41. The van der Waals surface area contributed by atoms with Crippen LogP contribution in [0.25, 0.3) is 0 Å². The highest BCUT2D eigenvalue weighted by molar-refractivity contribution is 7.91. The first-order chi connectivity index (χ1) is 12.3. The van der Waals surface area contributed by atoms with E-state index < -0.39 is 9.84 Å². The van der Waals surface area contributed by atoms with Crippen molar-refractivity contribution in [2.45, 2.75) is 32.9 Å². The van der Waals surface area contributed by atoms with E-state index in [2.05, 4.69) is 11.4 Å². The van der Waals surface area contributed by atoms with Gasteiger partial charge in [-0.2, -0.15) is 0 Å². The predicted molar refractivity (Wildman–Crippen MR) is 111 cm³/mol. The minimum atomic E-state index is -2.98. The fraction of sp³-hybridized carbons (Fsp3) is 0.350. The van der Waals surface area contributed by atoms with E-state index in [1.54, 1.807) is 0 Å². The molecular weight excluding hydrogens is 364 g/mol. The predicted octanol–water partition coefficient (Wildman–Crippen LogP) is 3.69. The van der Waals surface area contributed by atoms with Gasteiger partial charge >= 0.3 is 0 Å². The topological polar surface area (TPSA) is 49.4 Å². The molecule has 138 valence electrons. The third-order valence-electron chi connectivity index (χ3n) is 4.58. The highest BCUT2D eigenvalue weighted by Crippen LogP contribution is 2.22. The van der Waals surface area contributed by atoms with Gasteiger partial charge in [0, 0.05) is 18.3 Å². The summed E-state index contributed by atoms with van der Waals surface area (Å²) in [6.45, 7) is 4.69. The molecule has 1 N–H and O–H groups in total. The maximum atomic E-state index is 12.0. The standard InChI is InChI=1S/C20H24N2O2S2/c1-15-10-16(2)12-18(11-15)21-20(25)22(13-17-6-4-3-5-7-17)19-8-9-26(23,24)14-19/h3-7,10-12,19H,8-9,13-14H2,1-2H3,(H,21,25)/t19-/m0/s1. The van der Waals surface area contributed by atoms with Crippen molar-refractivity contribution in [3.8, 4) is 0 Å². The molecule has 0 aliphatic carbocycles. The molecule has 0 amide bonds. The molecule has 0 spiro atoms. The number of hydrogen-bond donors (Lipinski definition) is 1. The molecule has 1 aliphatic heterocycles. The largest absolute Gasteiger partial charge is 0.341 e. The van der Waals surface area contributed by atoms with Gasteiger partial charge in [0.1, 0.15) is 0 Å². The van der Waals surface area contributed by atoms with Gasteiger partial charge in [-0.15, -0.1) is 0 Å². The average molecular weight is 389 g/mol. The Morgan fingerprint density at radius 1 is 1.15 bits per heavy atom. The summed E-state index contributed by atoms with van der Waals surface area (Å²) in [4.78, 5) is 2.02. The molecule has 1 aliphatic rings. The summed E-state index contributed by atoms with van der Waals surface area (Å²) in [5.41, 5.74) is 4.37. The zero-order chi connectivity index (χ0) is 18.7. The molecule has 6 heteroatoms. The number of thiocarbonyl (C=S) groups is 1. The molecule has 0 saturated carbocycles. The number of anilines is 1. The van der Waals surface area contributed by atoms with Crippen molar-refractivity contribution in [2.24, 2.45) is 0 Å². The quantitative estimate of drug-likeness (QED) is 0.810. The smallest absolute Gasteiger partial charge is 0.174 e. The zero-order valence-corrected chi connectivity index (χ0v) is 16.7. The molecule has 26 heavy (non-hydrogen) atoms. The molecular formula is C20H24N2O2S2. The van der Waals surface area contributed by atoms with Crippen LogP contribution in [0.15, 0.2) is 48.5 Å². The molecule has 2 aromatic rings. The number of nitrogens with one attached hydrogen (secondary N) is 1. The summed E-state index contributed by atoms with van der Waals surface area (Å²) in [7, 11) is -2.98. The number of nitrogens with zero attached hydrogens (tertiary/aromatic N) is 1. The van der Waals surface area contributed by atoms with Crippen LogP contribution in [0, 0.1) is 13.8 Å². The summed E-state index contributed by atoms with van der Waals surface area (Å²) in [5, 5.41) is 3.88. The Kier molecular flexibility index (Phi) is 5.63. The minimum Gasteiger partial charge on any atom is -0.341 e. The monoisotopic (exact) mass is 388 g/mol. The van der Waals surface area contributed by atoms with E-state index in [1.807, 2.05) is 61.2 Å². The van der Waals surface area contributed by atoms with Gasteiger partial charge in [-0.3, -0.25) is 0 Å². The summed E-state index contributed by atoms with van der Waals surface area (Å²) in [6, 6.07) is 16.1. The molecule has 3 rings (SSSR count). The summed E-state index contributed by atoms with van der Waals surface area (Å²) >= 11 is 5.67. The van der Waals surface area contributed by atoms with Crippen molar-refractivity contribution in [1.29, 1.82) is 0 Å². The SMILES string of the molecule is Cc1cc(C)cc(NC(=S)N(Cc2ccccc2)[C@H]2CCS(=O)(=O)C2)c1. The Bertz CT molecular complexity index is 875. The molecule has 0 radical (unpaired) electrons. The van der Waals surface area contributed by atoms with Crippen LogP contribution in [0.1, 0.15) is 23.1 Å². The highest BCUT2D eigenvalue weighted by atomic mass is 32.2. The first-order valence-electron chi connectivity index (χ1n) is 8.73. The van der Waals surface area contributed by atoms with E-state index >= 15 is 0 Å². The van der Waals surface area contributed by atoms with Crippen LogP contribution in [-0.2, 0) is 16.4 Å². The van der Waals surface area contributed by atoms with Gasteiger partial charge in [0.05, 0.1) is 11.5 Å². The summed E-state index contributed by atoms with van der Waals surface area (Å²) < 4.78 is 24.0. The molecule has 1 fully saturated rings. The molecule has 4 nitrogen and oxygen atoms in total. The van der Waals surface area contributed by atoms with Gasteiger partial charge in [0.15, 0.2) is 14.9 Å². The highest BCUT2D eigenvalue weighted by Gasteiger charge is 2.33. The van der Waals surface area contributed by atoms with Gasteiger partial charge < -0.3 is 10.2 Å². The Labute approximate surface area is 161 Å². The number of rotatable bonds is 4. The van der Waals surface area contributed by atoms with E-state index in [0.717, 1.165) is 22.4 Å². The van der Waals surface area contributed by atoms with Gasteiger partial charge in [-0.25, -0.2) is 8.42 Å². The van der Waals surface area contributed by atoms with Gasteiger partial charge in [-0.05, 0) is 61.3 Å². The van der Waals surface area contributed by atoms with Crippen LogP contribution in [-0.4, -0.2) is 36.0 Å². The molecule has 2 aromatic carbocycles. The lowest BCUT2D eigenvalue weighted by atomic mass is 10.1. The lowest BCUT2D eigenvalue weighted by molar-refractivity contribution is 0.332. The zero-order valence-electron chi connectivity index (χ0n) is 15.1. The number of hydrogen-bond acceptors (Lipinski definition) is 3. The summed E-state index contributed by atoms with van der Waals surface area (Å²) in [6.07, 6.45) is 0.615. The van der Waals surface area contributed by atoms with Crippen LogP contribution >= 0.6 is 12.2 Å². The van der Waals surface area contributed by atoms with Crippen LogP contribution < -0.4 is 5.32 Å². The van der Waals surface area contributed by atoms with E-state index in [9.17, 15) is 8.42 Å². The van der Waals surface area contributed by atoms with Crippen LogP contribution in [0.3, 0.4) is 0 Å².